The number of benzene rings is 3. The Morgan fingerprint density at radius 3 is 2.45 bits per heavy atom. The molecule has 0 radical (unpaired) electrons. The Morgan fingerprint density at radius 2 is 1.72 bits per heavy atom. The van der Waals surface area contributed by atoms with Crippen LogP contribution in [0.15, 0.2) is 91.0 Å². The number of anilines is 1. The minimum atomic E-state index is -0.439. The molecule has 0 bridgehead atoms. The molecule has 144 valence electrons. The van der Waals surface area contributed by atoms with Gasteiger partial charge in [-0.25, -0.2) is 4.79 Å². The number of fused-ring (bicyclic) bond motifs is 1. The number of rotatable bonds is 4. The van der Waals surface area contributed by atoms with E-state index in [2.05, 4.69) is 29.7 Å². The quantitative estimate of drug-likeness (QED) is 0.389. The number of hydrogen-bond acceptors (Lipinski definition) is 3. The molecule has 0 amide bonds. The fourth-order valence-electron chi connectivity index (χ4n) is 3.72. The maximum Gasteiger partial charge on any atom is 0.335 e. The van der Waals surface area contributed by atoms with Crippen LogP contribution in [-0.2, 0) is 9.53 Å². The van der Waals surface area contributed by atoms with E-state index in [-0.39, 0.29) is 0 Å². The van der Waals surface area contributed by atoms with Gasteiger partial charge in [0.15, 0.2) is 0 Å². The second-order valence-corrected chi connectivity index (χ2v) is 7.23. The smallest absolute Gasteiger partial charge is 0.335 e. The van der Waals surface area contributed by atoms with E-state index in [1.54, 1.807) is 0 Å². The molecule has 0 spiro atoms. The molecule has 1 aliphatic heterocycles. The number of ether oxygens (including phenoxy) is 1. The van der Waals surface area contributed by atoms with E-state index >= 15 is 0 Å². The number of nitrogens with zero attached hydrogens (tertiary/aromatic N) is 1. The van der Waals surface area contributed by atoms with Crippen LogP contribution in [0.1, 0.15) is 22.7 Å². The van der Waals surface area contributed by atoms with Crippen LogP contribution in [0.5, 0.6) is 0 Å². The Balaban J connectivity index is 1.99. The van der Waals surface area contributed by atoms with Gasteiger partial charge in [0.1, 0.15) is 0 Å². The third-order valence-electron chi connectivity index (χ3n) is 5.03. The molecule has 3 nitrogen and oxygen atoms in total. The summed E-state index contributed by atoms with van der Waals surface area (Å²) in [7, 11) is 1.37. The zero-order chi connectivity index (χ0) is 20.4. The first-order chi connectivity index (χ1) is 14.1. The van der Waals surface area contributed by atoms with Crippen LogP contribution in [0.25, 0.3) is 11.8 Å². The molecule has 0 N–H and O–H groups in total. The molecule has 0 fully saturated rings. The lowest BCUT2D eigenvalue weighted by Crippen LogP contribution is -2.33. The number of carbonyl (C=O) groups excluding carboxylic acids is 1. The van der Waals surface area contributed by atoms with Crippen molar-refractivity contribution in [2.75, 3.05) is 12.0 Å². The van der Waals surface area contributed by atoms with Gasteiger partial charge < -0.3 is 9.64 Å². The normalized spacial score (nSPS) is 15.3. The van der Waals surface area contributed by atoms with Gasteiger partial charge in [-0.3, -0.25) is 0 Å². The van der Waals surface area contributed by atoms with Gasteiger partial charge in [-0.15, -0.1) is 0 Å². The molecular formula is C25H20ClNO2. The summed E-state index contributed by atoms with van der Waals surface area (Å²) in [5.74, 6) is -0.439. The van der Waals surface area contributed by atoms with E-state index in [0.717, 1.165) is 28.1 Å². The molecule has 1 aliphatic rings. The highest BCUT2D eigenvalue weighted by Gasteiger charge is 2.35. The number of hydrogen-bond donors (Lipinski definition) is 0. The van der Waals surface area contributed by atoms with Crippen LogP contribution in [0, 0.1) is 0 Å². The maximum absolute atomic E-state index is 12.5. The van der Waals surface area contributed by atoms with E-state index in [1.165, 1.54) is 7.11 Å². The summed E-state index contributed by atoms with van der Waals surface area (Å²) in [5, 5.41) is 0.621. The van der Waals surface area contributed by atoms with Gasteiger partial charge in [0.2, 0.25) is 0 Å². The standard InChI is InChI=1S/C25H20ClNO2/c1-17(25(28)29-2)24-22-14-7-6-11-19(22)15-23(18-9-4-3-5-10-18)27(24)21-13-8-12-20(26)16-21/h3-16,24H,1H2,2H3. The summed E-state index contributed by atoms with van der Waals surface area (Å²) < 4.78 is 5.02. The zero-order valence-corrected chi connectivity index (χ0v) is 16.8. The SMILES string of the molecule is C=C(C(=O)OC)C1c2ccccc2C=C(c2ccccc2)N1c1cccc(Cl)c1. The molecule has 1 heterocycles. The lowest BCUT2D eigenvalue weighted by Gasteiger charge is -2.40. The van der Waals surface area contributed by atoms with Crippen molar-refractivity contribution in [2.24, 2.45) is 0 Å². The van der Waals surface area contributed by atoms with Crippen molar-refractivity contribution < 1.29 is 9.53 Å². The van der Waals surface area contributed by atoms with Crippen LogP contribution in [-0.4, -0.2) is 13.1 Å². The fraction of sp³-hybridized carbons (Fsp3) is 0.0800. The predicted octanol–water partition coefficient (Wildman–Crippen LogP) is 6.13. The van der Waals surface area contributed by atoms with Gasteiger partial charge >= 0.3 is 5.97 Å². The van der Waals surface area contributed by atoms with Gasteiger partial charge in [-0.2, -0.15) is 0 Å². The molecule has 3 aromatic carbocycles. The van der Waals surface area contributed by atoms with Crippen LogP contribution < -0.4 is 4.90 Å². The Morgan fingerprint density at radius 1 is 1.00 bits per heavy atom. The zero-order valence-electron chi connectivity index (χ0n) is 16.0. The van der Waals surface area contributed by atoms with Crippen LogP contribution in [0.4, 0.5) is 5.69 Å². The van der Waals surface area contributed by atoms with Crippen molar-refractivity contribution >= 4 is 35.0 Å². The first kappa shape index (κ1) is 19.0. The molecule has 4 heteroatoms. The third kappa shape index (κ3) is 3.57. The van der Waals surface area contributed by atoms with Crippen molar-refractivity contribution in [3.05, 3.63) is 113 Å². The first-order valence-corrected chi connectivity index (χ1v) is 9.66. The molecule has 0 saturated heterocycles. The van der Waals surface area contributed by atoms with Gasteiger partial charge in [0, 0.05) is 16.4 Å². The molecule has 0 aromatic heterocycles. The lowest BCUT2D eigenvalue weighted by atomic mass is 9.87. The summed E-state index contributed by atoms with van der Waals surface area (Å²) in [5.41, 5.74) is 5.26. The second kappa shape index (κ2) is 7.98. The molecule has 4 rings (SSSR count). The summed E-state index contributed by atoms with van der Waals surface area (Å²) in [6.45, 7) is 4.10. The highest BCUT2D eigenvalue weighted by Crippen LogP contribution is 2.45. The maximum atomic E-state index is 12.5. The molecular weight excluding hydrogens is 382 g/mol. The predicted molar refractivity (Wildman–Crippen MR) is 119 cm³/mol. The molecule has 0 aliphatic carbocycles. The summed E-state index contributed by atoms with van der Waals surface area (Å²) in [6, 6.07) is 25.3. The Bertz CT molecular complexity index is 1100. The van der Waals surface area contributed by atoms with Crippen molar-refractivity contribution in [3.63, 3.8) is 0 Å². The second-order valence-electron chi connectivity index (χ2n) is 6.79. The minimum Gasteiger partial charge on any atom is -0.466 e. The molecule has 29 heavy (non-hydrogen) atoms. The number of halogens is 1. The van der Waals surface area contributed by atoms with Gasteiger partial charge in [-0.05, 0) is 41.0 Å². The fourth-order valence-corrected chi connectivity index (χ4v) is 3.90. The Kier molecular flexibility index (Phi) is 5.24. The lowest BCUT2D eigenvalue weighted by molar-refractivity contribution is -0.136. The van der Waals surface area contributed by atoms with Crippen LogP contribution in [0.2, 0.25) is 5.02 Å². The number of carbonyl (C=O) groups is 1. The highest BCUT2D eigenvalue weighted by atomic mass is 35.5. The minimum absolute atomic E-state index is 0.362. The molecule has 0 saturated carbocycles. The van der Waals surface area contributed by atoms with Crippen molar-refractivity contribution in [3.8, 4) is 0 Å². The van der Waals surface area contributed by atoms with E-state index in [4.69, 9.17) is 16.3 Å². The molecule has 1 atom stereocenters. The van der Waals surface area contributed by atoms with Gasteiger partial charge in [-0.1, -0.05) is 78.8 Å². The highest BCUT2D eigenvalue weighted by molar-refractivity contribution is 6.30. The largest absolute Gasteiger partial charge is 0.466 e. The molecule has 1 unspecified atom stereocenters. The van der Waals surface area contributed by atoms with Crippen LogP contribution in [0.3, 0.4) is 0 Å². The van der Waals surface area contributed by atoms with E-state index in [9.17, 15) is 4.79 Å². The summed E-state index contributed by atoms with van der Waals surface area (Å²) >= 11 is 6.31. The number of esters is 1. The van der Waals surface area contributed by atoms with Crippen molar-refractivity contribution in [1.82, 2.24) is 0 Å². The molecule has 3 aromatic rings. The van der Waals surface area contributed by atoms with Gasteiger partial charge in [0.05, 0.1) is 18.7 Å². The third-order valence-corrected chi connectivity index (χ3v) is 5.27. The van der Waals surface area contributed by atoms with Gasteiger partial charge in [0.25, 0.3) is 0 Å². The summed E-state index contributed by atoms with van der Waals surface area (Å²) in [6.07, 6.45) is 2.13. The van der Waals surface area contributed by atoms with E-state index < -0.39 is 12.0 Å². The Hall–Kier alpha value is -3.30. The average Bonchev–Trinajstić information content (AvgIpc) is 2.77. The first-order valence-electron chi connectivity index (χ1n) is 9.28. The monoisotopic (exact) mass is 401 g/mol. The summed E-state index contributed by atoms with van der Waals surface area (Å²) in [4.78, 5) is 14.6. The van der Waals surface area contributed by atoms with E-state index in [0.29, 0.717) is 10.6 Å². The Labute approximate surface area is 175 Å². The topological polar surface area (TPSA) is 29.5 Å². The number of methoxy groups -OCH3 is 1. The van der Waals surface area contributed by atoms with E-state index in [1.807, 2.05) is 66.7 Å². The van der Waals surface area contributed by atoms with Crippen molar-refractivity contribution in [1.29, 1.82) is 0 Å². The van der Waals surface area contributed by atoms with Crippen molar-refractivity contribution in [2.45, 2.75) is 6.04 Å². The average molecular weight is 402 g/mol. The van der Waals surface area contributed by atoms with Crippen LogP contribution >= 0.6 is 11.6 Å².